The van der Waals surface area contributed by atoms with Gasteiger partial charge in [-0.3, -0.25) is 9.59 Å². The monoisotopic (exact) mass is 444 g/mol. The van der Waals surface area contributed by atoms with Crippen LogP contribution in [0.4, 0.5) is 0 Å². The van der Waals surface area contributed by atoms with E-state index in [2.05, 4.69) is 0 Å². The van der Waals surface area contributed by atoms with Crippen LogP contribution in [0, 0.1) is 11.8 Å². The molecular weight excluding hydrogens is 420 g/mol. The van der Waals surface area contributed by atoms with Crippen molar-refractivity contribution in [2.45, 2.75) is 32.3 Å². The molecule has 0 unspecified atom stereocenters. The molecule has 0 fully saturated rings. The lowest BCUT2D eigenvalue weighted by molar-refractivity contribution is -0.143. The van der Waals surface area contributed by atoms with Crippen molar-refractivity contribution >= 4 is 23.5 Å². The third kappa shape index (κ3) is 6.01. The van der Waals surface area contributed by atoms with Crippen LogP contribution in [0.3, 0.4) is 0 Å². The van der Waals surface area contributed by atoms with Crippen molar-refractivity contribution < 1.29 is 29.3 Å². The highest BCUT2D eigenvalue weighted by Gasteiger charge is 2.36. The summed E-state index contributed by atoms with van der Waals surface area (Å²) in [4.78, 5) is 22.7. The van der Waals surface area contributed by atoms with Gasteiger partial charge in [0.25, 0.3) is 0 Å². The van der Waals surface area contributed by atoms with E-state index in [4.69, 9.17) is 21.1 Å². The normalized spacial score (nSPS) is 20.1. The Labute approximate surface area is 186 Å². The summed E-state index contributed by atoms with van der Waals surface area (Å²) in [6.45, 7) is 2.53. The molecule has 0 amide bonds. The second-order valence-corrected chi connectivity index (χ2v) is 7.92. The molecule has 0 saturated heterocycles. The van der Waals surface area contributed by atoms with Crippen LogP contribution in [0.5, 0.6) is 5.75 Å². The average molecular weight is 445 g/mol. The summed E-state index contributed by atoms with van der Waals surface area (Å²) in [7, 11) is 0. The van der Waals surface area contributed by atoms with Crippen molar-refractivity contribution in [1.29, 1.82) is 0 Å². The van der Waals surface area contributed by atoms with Crippen LogP contribution in [0.1, 0.15) is 42.6 Å². The number of benzene rings is 2. The Morgan fingerprint density at radius 2 is 1.77 bits per heavy atom. The van der Waals surface area contributed by atoms with E-state index in [1.165, 1.54) is 6.26 Å². The van der Waals surface area contributed by atoms with E-state index in [9.17, 15) is 19.8 Å². The van der Waals surface area contributed by atoms with Gasteiger partial charge in [-0.1, -0.05) is 35.9 Å². The highest BCUT2D eigenvalue weighted by molar-refractivity contribution is 6.31. The number of hydrogen-bond acceptors (Lipinski definition) is 4. The van der Waals surface area contributed by atoms with Gasteiger partial charge >= 0.3 is 11.9 Å². The van der Waals surface area contributed by atoms with E-state index in [0.29, 0.717) is 18.1 Å². The third-order valence-electron chi connectivity index (χ3n) is 5.34. The van der Waals surface area contributed by atoms with Crippen LogP contribution in [0.15, 0.2) is 54.8 Å². The molecule has 7 heteroatoms. The minimum atomic E-state index is -0.993. The second kappa shape index (κ2) is 10.4. The average Bonchev–Trinajstić information content (AvgIpc) is 2.72. The summed E-state index contributed by atoms with van der Waals surface area (Å²) < 4.78 is 11.3. The van der Waals surface area contributed by atoms with E-state index in [-0.39, 0.29) is 12.8 Å². The SMILES string of the molecule is CCOc1ccc(Cc2cc([C@H]3OC=C[C@H](CC(=O)O)[C@H]3CC(=O)O)ccc2Cl)cc1. The first-order valence-electron chi connectivity index (χ1n) is 10.1. The first-order valence-corrected chi connectivity index (χ1v) is 10.5. The molecule has 1 aliphatic rings. The van der Waals surface area contributed by atoms with Crippen molar-refractivity contribution in [2.75, 3.05) is 6.61 Å². The lowest BCUT2D eigenvalue weighted by atomic mass is 9.78. The topological polar surface area (TPSA) is 93.1 Å². The summed E-state index contributed by atoms with van der Waals surface area (Å²) in [5, 5.41) is 19.2. The number of carboxylic acids is 2. The number of aliphatic carboxylic acids is 2. The van der Waals surface area contributed by atoms with Crippen LogP contribution in [0.2, 0.25) is 5.02 Å². The highest BCUT2D eigenvalue weighted by atomic mass is 35.5. The summed E-state index contributed by atoms with van der Waals surface area (Å²) >= 11 is 6.43. The predicted molar refractivity (Wildman–Crippen MR) is 116 cm³/mol. The standard InChI is InChI=1S/C24H25ClO6/c1-2-30-19-6-3-15(4-7-19)11-18-12-17(5-8-21(18)25)24-20(14-23(28)29)16(9-10-31-24)13-22(26)27/h3-10,12,16,20,24H,2,11,13-14H2,1H3,(H,26,27)(H,28,29)/t16-,20-,24-/m1/s1. The maximum Gasteiger partial charge on any atom is 0.303 e. The lowest BCUT2D eigenvalue weighted by Crippen LogP contribution is -2.29. The zero-order valence-electron chi connectivity index (χ0n) is 17.2. The molecule has 0 spiro atoms. The smallest absolute Gasteiger partial charge is 0.303 e. The van der Waals surface area contributed by atoms with Gasteiger partial charge in [0, 0.05) is 10.9 Å². The van der Waals surface area contributed by atoms with Crippen LogP contribution in [-0.2, 0) is 20.7 Å². The van der Waals surface area contributed by atoms with E-state index in [0.717, 1.165) is 22.4 Å². The van der Waals surface area contributed by atoms with Gasteiger partial charge in [-0.05, 0) is 60.2 Å². The van der Waals surface area contributed by atoms with Crippen LogP contribution in [0.25, 0.3) is 0 Å². The molecule has 3 rings (SSSR count). The zero-order chi connectivity index (χ0) is 22.4. The molecule has 1 heterocycles. The van der Waals surface area contributed by atoms with Crippen molar-refractivity contribution in [2.24, 2.45) is 11.8 Å². The Kier molecular flexibility index (Phi) is 7.58. The molecule has 2 aromatic carbocycles. The number of hydrogen-bond donors (Lipinski definition) is 2. The Bertz CT molecular complexity index is 953. The molecule has 2 N–H and O–H groups in total. The molecule has 0 saturated carbocycles. The number of halogens is 1. The maximum absolute atomic E-state index is 11.5. The third-order valence-corrected chi connectivity index (χ3v) is 5.71. The summed E-state index contributed by atoms with van der Waals surface area (Å²) in [5.41, 5.74) is 2.71. The predicted octanol–water partition coefficient (Wildman–Crippen LogP) is 5.10. The molecule has 0 bridgehead atoms. The van der Waals surface area contributed by atoms with Crippen LogP contribution in [-0.4, -0.2) is 28.8 Å². The lowest BCUT2D eigenvalue weighted by Gasteiger charge is -2.34. The molecule has 3 atom stereocenters. The van der Waals surface area contributed by atoms with Crippen molar-refractivity contribution in [3.05, 3.63) is 76.5 Å². The highest BCUT2D eigenvalue weighted by Crippen LogP contribution is 2.40. The molecule has 0 radical (unpaired) electrons. The first-order chi connectivity index (χ1) is 14.9. The molecule has 0 aliphatic carbocycles. The summed E-state index contributed by atoms with van der Waals surface area (Å²) in [6, 6.07) is 13.3. The number of carboxylic acid groups (broad SMARTS) is 2. The van der Waals surface area contributed by atoms with Crippen molar-refractivity contribution in [1.82, 2.24) is 0 Å². The summed E-state index contributed by atoms with van der Waals surface area (Å²) in [6.07, 6.45) is 2.78. The Balaban J connectivity index is 1.86. The molecule has 164 valence electrons. The molecule has 6 nitrogen and oxygen atoms in total. The first kappa shape index (κ1) is 22.7. The van der Waals surface area contributed by atoms with Gasteiger partial charge in [-0.25, -0.2) is 0 Å². The van der Waals surface area contributed by atoms with Gasteiger partial charge in [0.15, 0.2) is 0 Å². The maximum atomic E-state index is 11.5. The molecule has 0 aromatic heterocycles. The fraction of sp³-hybridized carbons (Fsp3) is 0.333. The number of ether oxygens (including phenoxy) is 2. The van der Waals surface area contributed by atoms with E-state index in [1.54, 1.807) is 18.2 Å². The zero-order valence-corrected chi connectivity index (χ0v) is 17.9. The number of rotatable bonds is 9. The van der Waals surface area contributed by atoms with Crippen molar-refractivity contribution in [3.63, 3.8) is 0 Å². The fourth-order valence-electron chi connectivity index (χ4n) is 3.90. The van der Waals surface area contributed by atoms with Gasteiger partial charge in [-0.15, -0.1) is 0 Å². The van der Waals surface area contributed by atoms with Gasteiger partial charge < -0.3 is 19.7 Å². The Morgan fingerprint density at radius 1 is 1.06 bits per heavy atom. The largest absolute Gasteiger partial charge is 0.494 e. The number of allylic oxidation sites excluding steroid dienone is 1. The van der Waals surface area contributed by atoms with Gasteiger partial charge in [0.05, 0.1) is 25.7 Å². The van der Waals surface area contributed by atoms with Crippen molar-refractivity contribution in [3.8, 4) is 5.75 Å². The van der Waals surface area contributed by atoms with E-state index < -0.39 is 29.9 Å². The van der Waals surface area contributed by atoms with Crippen LogP contribution < -0.4 is 4.74 Å². The van der Waals surface area contributed by atoms with E-state index in [1.807, 2.05) is 37.3 Å². The fourth-order valence-corrected chi connectivity index (χ4v) is 4.09. The minimum absolute atomic E-state index is 0.152. The molecule has 31 heavy (non-hydrogen) atoms. The second-order valence-electron chi connectivity index (χ2n) is 7.51. The number of carbonyl (C=O) groups is 2. The quantitative estimate of drug-likeness (QED) is 0.559. The van der Waals surface area contributed by atoms with Gasteiger partial charge in [0.1, 0.15) is 11.9 Å². The van der Waals surface area contributed by atoms with Gasteiger partial charge in [0.2, 0.25) is 0 Å². The molecular formula is C24H25ClO6. The Hall–Kier alpha value is -2.99. The Morgan fingerprint density at radius 3 is 2.42 bits per heavy atom. The van der Waals surface area contributed by atoms with Crippen LogP contribution >= 0.6 is 11.6 Å². The minimum Gasteiger partial charge on any atom is -0.494 e. The van der Waals surface area contributed by atoms with Gasteiger partial charge in [-0.2, -0.15) is 0 Å². The van der Waals surface area contributed by atoms with E-state index >= 15 is 0 Å². The molecule has 1 aliphatic heterocycles. The molecule has 2 aromatic rings. The summed E-state index contributed by atoms with van der Waals surface area (Å²) in [5.74, 6) is -2.10.